The van der Waals surface area contributed by atoms with Gasteiger partial charge in [-0.1, -0.05) is 26.0 Å². The van der Waals surface area contributed by atoms with Crippen LogP contribution in [0.4, 0.5) is 0 Å². The maximum atomic E-state index is 11.1. The molecule has 1 rings (SSSR count). The van der Waals surface area contributed by atoms with Crippen LogP contribution in [0.2, 0.25) is 0 Å². The standard InChI is InChI=1S/C15H22O3/c1-11(2)12-8-9-14(17-3)13(10-12)6-5-7-15(16)18-4/h8-11H,5-7H2,1-4H3. The van der Waals surface area contributed by atoms with Crippen LogP contribution in [0.1, 0.15) is 43.7 Å². The smallest absolute Gasteiger partial charge is 0.305 e. The first-order chi connectivity index (χ1) is 8.58. The predicted octanol–water partition coefficient (Wildman–Crippen LogP) is 3.31. The molecular formula is C15H22O3. The van der Waals surface area contributed by atoms with Crippen molar-refractivity contribution in [3.8, 4) is 5.75 Å². The van der Waals surface area contributed by atoms with Crippen molar-refractivity contribution in [2.45, 2.75) is 39.0 Å². The number of hydrogen-bond donors (Lipinski definition) is 0. The van der Waals surface area contributed by atoms with E-state index in [0.717, 1.165) is 24.2 Å². The summed E-state index contributed by atoms with van der Waals surface area (Å²) in [6.45, 7) is 4.33. The zero-order valence-corrected chi connectivity index (χ0v) is 11.7. The van der Waals surface area contributed by atoms with Gasteiger partial charge in [0.2, 0.25) is 0 Å². The van der Waals surface area contributed by atoms with Gasteiger partial charge in [-0.2, -0.15) is 0 Å². The summed E-state index contributed by atoms with van der Waals surface area (Å²) in [5.74, 6) is 1.23. The second-order valence-corrected chi connectivity index (χ2v) is 4.66. The van der Waals surface area contributed by atoms with E-state index in [1.54, 1.807) is 7.11 Å². The zero-order chi connectivity index (χ0) is 13.5. The maximum Gasteiger partial charge on any atom is 0.305 e. The van der Waals surface area contributed by atoms with E-state index in [2.05, 4.69) is 30.7 Å². The summed E-state index contributed by atoms with van der Waals surface area (Å²) in [5, 5.41) is 0. The van der Waals surface area contributed by atoms with E-state index in [4.69, 9.17) is 4.74 Å². The first kappa shape index (κ1) is 14.6. The third kappa shape index (κ3) is 4.06. The molecule has 0 fully saturated rings. The molecule has 0 amide bonds. The fourth-order valence-corrected chi connectivity index (χ4v) is 1.88. The van der Waals surface area contributed by atoms with Crippen molar-refractivity contribution < 1.29 is 14.3 Å². The predicted molar refractivity (Wildman–Crippen MR) is 72.0 cm³/mol. The van der Waals surface area contributed by atoms with Gasteiger partial charge in [-0.05, 0) is 36.0 Å². The Morgan fingerprint density at radius 3 is 2.56 bits per heavy atom. The molecule has 3 nitrogen and oxygen atoms in total. The second kappa shape index (κ2) is 7.04. The van der Waals surface area contributed by atoms with Crippen LogP contribution in [0.15, 0.2) is 18.2 Å². The molecule has 0 saturated heterocycles. The fourth-order valence-electron chi connectivity index (χ4n) is 1.88. The molecule has 1 aromatic rings. The van der Waals surface area contributed by atoms with Gasteiger partial charge < -0.3 is 9.47 Å². The van der Waals surface area contributed by atoms with Gasteiger partial charge in [0.15, 0.2) is 0 Å². The van der Waals surface area contributed by atoms with Gasteiger partial charge >= 0.3 is 5.97 Å². The topological polar surface area (TPSA) is 35.5 Å². The SMILES string of the molecule is COC(=O)CCCc1cc(C(C)C)ccc1OC. The lowest BCUT2D eigenvalue weighted by molar-refractivity contribution is -0.140. The first-order valence-electron chi connectivity index (χ1n) is 6.32. The molecule has 0 radical (unpaired) electrons. The maximum absolute atomic E-state index is 11.1. The highest BCUT2D eigenvalue weighted by Gasteiger charge is 2.08. The van der Waals surface area contributed by atoms with Crippen LogP contribution in [0.3, 0.4) is 0 Å². The highest BCUT2D eigenvalue weighted by molar-refractivity contribution is 5.69. The van der Waals surface area contributed by atoms with Crippen molar-refractivity contribution in [2.75, 3.05) is 14.2 Å². The van der Waals surface area contributed by atoms with Gasteiger partial charge in [-0.25, -0.2) is 0 Å². The molecule has 0 aliphatic rings. The van der Waals surface area contributed by atoms with E-state index in [-0.39, 0.29) is 5.97 Å². The molecule has 0 atom stereocenters. The van der Waals surface area contributed by atoms with Crippen LogP contribution in [0, 0.1) is 0 Å². The van der Waals surface area contributed by atoms with E-state index in [0.29, 0.717) is 12.3 Å². The molecule has 0 saturated carbocycles. The number of rotatable bonds is 6. The zero-order valence-electron chi connectivity index (χ0n) is 11.7. The van der Waals surface area contributed by atoms with E-state index in [1.165, 1.54) is 12.7 Å². The summed E-state index contributed by atoms with van der Waals surface area (Å²) in [7, 11) is 3.09. The summed E-state index contributed by atoms with van der Waals surface area (Å²) in [6.07, 6.45) is 2.06. The Balaban J connectivity index is 2.72. The third-order valence-corrected chi connectivity index (χ3v) is 3.03. The molecule has 0 aliphatic carbocycles. The number of esters is 1. The molecule has 0 spiro atoms. The summed E-state index contributed by atoms with van der Waals surface area (Å²) in [4.78, 5) is 11.1. The van der Waals surface area contributed by atoms with Crippen molar-refractivity contribution >= 4 is 5.97 Å². The highest BCUT2D eigenvalue weighted by Crippen LogP contribution is 2.25. The summed E-state index contributed by atoms with van der Waals surface area (Å²) < 4.78 is 9.98. The number of benzene rings is 1. The molecule has 100 valence electrons. The van der Waals surface area contributed by atoms with Gasteiger partial charge in [-0.3, -0.25) is 4.79 Å². The number of aryl methyl sites for hydroxylation is 1. The average molecular weight is 250 g/mol. The lowest BCUT2D eigenvalue weighted by atomic mass is 9.98. The minimum absolute atomic E-state index is 0.158. The van der Waals surface area contributed by atoms with Crippen LogP contribution < -0.4 is 4.74 Å². The van der Waals surface area contributed by atoms with E-state index in [9.17, 15) is 4.79 Å². The van der Waals surface area contributed by atoms with Gasteiger partial charge in [0, 0.05) is 6.42 Å². The number of methoxy groups -OCH3 is 2. The average Bonchev–Trinajstić information content (AvgIpc) is 2.38. The number of ether oxygens (including phenoxy) is 2. The largest absolute Gasteiger partial charge is 0.496 e. The minimum Gasteiger partial charge on any atom is -0.496 e. The Morgan fingerprint density at radius 1 is 1.28 bits per heavy atom. The van der Waals surface area contributed by atoms with Gasteiger partial charge in [-0.15, -0.1) is 0 Å². The fraction of sp³-hybridized carbons (Fsp3) is 0.533. The number of hydrogen-bond acceptors (Lipinski definition) is 3. The number of carbonyl (C=O) groups excluding carboxylic acids is 1. The van der Waals surface area contributed by atoms with Crippen LogP contribution in [0.25, 0.3) is 0 Å². The molecule has 3 heteroatoms. The Labute approximate surface area is 109 Å². The Hall–Kier alpha value is -1.51. The lowest BCUT2D eigenvalue weighted by Crippen LogP contribution is -2.02. The molecule has 0 N–H and O–H groups in total. The molecule has 1 aromatic carbocycles. The number of carbonyl (C=O) groups is 1. The van der Waals surface area contributed by atoms with Crippen LogP contribution in [0.5, 0.6) is 5.75 Å². The monoisotopic (exact) mass is 250 g/mol. The Bertz CT molecular complexity index is 397. The van der Waals surface area contributed by atoms with Crippen molar-refractivity contribution in [3.05, 3.63) is 29.3 Å². The Kier molecular flexibility index (Phi) is 5.69. The summed E-state index contributed by atoms with van der Waals surface area (Å²) >= 11 is 0. The highest BCUT2D eigenvalue weighted by atomic mass is 16.5. The van der Waals surface area contributed by atoms with E-state index >= 15 is 0 Å². The summed E-state index contributed by atoms with van der Waals surface area (Å²) in [6, 6.07) is 6.26. The van der Waals surface area contributed by atoms with Crippen LogP contribution in [-0.2, 0) is 16.0 Å². The van der Waals surface area contributed by atoms with E-state index < -0.39 is 0 Å². The molecular weight excluding hydrogens is 228 g/mol. The first-order valence-corrected chi connectivity index (χ1v) is 6.32. The molecule has 0 unspecified atom stereocenters. The molecule has 18 heavy (non-hydrogen) atoms. The molecule has 0 bridgehead atoms. The van der Waals surface area contributed by atoms with E-state index in [1.807, 2.05) is 6.07 Å². The third-order valence-electron chi connectivity index (χ3n) is 3.03. The second-order valence-electron chi connectivity index (χ2n) is 4.66. The van der Waals surface area contributed by atoms with Crippen molar-refractivity contribution in [2.24, 2.45) is 0 Å². The normalized spacial score (nSPS) is 10.5. The van der Waals surface area contributed by atoms with Gasteiger partial charge in [0.1, 0.15) is 5.75 Å². The van der Waals surface area contributed by atoms with Crippen molar-refractivity contribution in [1.29, 1.82) is 0 Å². The van der Waals surface area contributed by atoms with Crippen LogP contribution >= 0.6 is 0 Å². The van der Waals surface area contributed by atoms with Gasteiger partial charge in [0.05, 0.1) is 14.2 Å². The quantitative estimate of drug-likeness (QED) is 0.727. The van der Waals surface area contributed by atoms with Gasteiger partial charge in [0.25, 0.3) is 0 Å². The molecule has 0 aliphatic heterocycles. The van der Waals surface area contributed by atoms with Crippen LogP contribution in [-0.4, -0.2) is 20.2 Å². The summed E-state index contributed by atoms with van der Waals surface area (Å²) in [5.41, 5.74) is 2.46. The lowest BCUT2D eigenvalue weighted by Gasteiger charge is -2.12. The molecule has 0 aromatic heterocycles. The van der Waals surface area contributed by atoms with Crippen molar-refractivity contribution in [1.82, 2.24) is 0 Å². The molecule has 0 heterocycles. The van der Waals surface area contributed by atoms with Crippen molar-refractivity contribution in [3.63, 3.8) is 0 Å². The minimum atomic E-state index is -0.158. The Morgan fingerprint density at radius 2 is 2.00 bits per heavy atom.